The lowest BCUT2D eigenvalue weighted by molar-refractivity contribution is 0.200. The van der Waals surface area contributed by atoms with Crippen molar-refractivity contribution >= 4 is 22.1 Å². The van der Waals surface area contributed by atoms with Crippen molar-refractivity contribution in [2.75, 3.05) is 5.88 Å². The molecule has 3 rings (SSSR count). The molecule has 0 saturated heterocycles. The van der Waals surface area contributed by atoms with Crippen LogP contribution in [0.25, 0.3) is 4.91 Å². The molecule has 1 aromatic carbocycles. The number of urea groups is 1. The van der Waals surface area contributed by atoms with E-state index in [0.29, 0.717) is 5.92 Å². The number of hydrogen-bond donors (Lipinski definition) is 1. The normalized spacial score (nSPS) is 27.5. The lowest BCUT2D eigenvalue weighted by Crippen LogP contribution is -2.47. The summed E-state index contributed by atoms with van der Waals surface area (Å²) in [6.45, 7) is 6.12. The Morgan fingerprint density at radius 2 is 1.88 bits per heavy atom. The summed E-state index contributed by atoms with van der Waals surface area (Å²) in [6.07, 6.45) is 4.63. The van der Waals surface area contributed by atoms with E-state index >= 15 is 0 Å². The molecule has 1 heterocycles. The van der Waals surface area contributed by atoms with Crippen molar-refractivity contribution in [1.82, 2.24) is 10.2 Å². The van der Waals surface area contributed by atoms with Gasteiger partial charge in [-0.25, -0.2) is 9.69 Å². The van der Waals surface area contributed by atoms with Gasteiger partial charge < -0.3 is 9.87 Å². The SMILES string of the molecule is CC1=C(c2ccc(C)cc2)[S+]([O-])CN1C(=O)N[C@@H]1CCCC[C@H]1C. The fraction of sp³-hybridized carbons (Fsp3) is 0.526. The van der Waals surface area contributed by atoms with Gasteiger partial charge in [0, 0.05) is 22.8 Å². The number of carbonyl (C=O) groups is 1. The van der Waals surface area contributed by atoms with E-state index in [9.17, 15) is 9.35 Å². The Morgan fingerprint density at radius 1 is 1.21 bits per heavy atom. The molecule has 2 aliphatic rings. The van der Waals surface area contributed by atoms with Crippen LogP contribution in [0.15, 0.2) is 30.0 Å². The Balaban J connectivity index is 1.76. The highest BCUT2D eigenvalue weighted by Gasteiger charge is 2.37. The summed E-state index contributed by atoms with van der Waals surface area (Å²) in [5.41, 5.74) is 2.91. The van der Waals surface area contributed by atoms with Crippen molar-refractivity contribution in [2.24, 2.45) is 5.92 Å². The lowest BCUT2D eigenvalue weighted by atomic mass is 9.86. The predicted octanol–water partition coefficient (Wildman–Crippen LogP) is 3.99. The molecule has 4 nitrogen and oxygen atoms in total. The minimum Gasteiger partial charge on any atom is -0.610 e. The Labute approximate surface area is 147 Å². The smallest absolute Gasteiger partial charge is 0.325 e. The van der Waals surface area contributed by atoms with Crippen molar-refractivity contribution < 1.29 is 9.35 Å². The van der Waals surface area contributed by atoms with Crippen LogP contribution in [0.2, 0.25) is 0 Å². The second-order valence-electron chi connectivity index (χ2n) is 7.00. The molecule has 1 fully saturated rings. The Hall–Kier alpha value is -1.46. The first kappa shape index (κ1) is 17.4. The number of aryl methyl sites for hydroxylation is 1. The topological polar surface area (TPSA) is 55.4 Å². The second kappa shape index (κ2) is 7.19. The van der Waals surface area contributed by atoms with E-state index in [1.165, 1.54) is 24.8 Å². The van der Waals surface area contributed by atoms with Gasteiger partial charge in [0.05, 0.1) is 5.70 Å². The molecular weight excluding hydrogens is 320 g/mol. The maximum Gasteiger partial charge on any atom is 0.325 e. The first-order chi connectivity index (χ1) is 11.5. The summed E-state index contributed by atoms with van der Waals surface area (Å²) < 4.78 is 12.6. The van der Waals surface area contributed by atoms with Crippen molar-refractivity contribution in [3.05, 3.63) is 41.1 Å². The number of nitrogens with one attached hydrogen (secondary N) is 1. The molecule has 0 bridgehead atoms. The summed E-state index contributed by atoms with van der Waals surface area (Å²) >= 11 is -1.17. The van der Waals surface area contributed by atoms with Crippen LogP contribution in [0.5, 0.6) is 0 Å². The molecule has 1 saturated carbocycles. The second-order valence-corrected chi connectivity index (χ2v) is 8.36. The van der Waals surface area contributed by atoms with Crippen LogP contribution >= 0.6 is 0 Å². The summed E-state index contributed by atoms with van der Waals surface area (Å²) in [6, 6.07) is 8.11. The molecule has 1 aliphatic heterocycles. The van der Waals surface area contributed by atoms with Gasteiger partial charge in [0.2, 0.25) is 0 Å². The van der Waals surface area contributed by atoms with E-state index in [-0.39, 0.29) is 17.9 Å². The van der Waals surface area contributed by atoms with Crippen molar-refractivity contribution in [1.29, 1.82) is 0 Å². The van der Waals surface area contributed by atoms with Crippen LogP contribution < -0.4 is 5.32 Å². The first-order valence-corrected chi connectivity index (χ1v) is 10.0. The largest absolute Gasteiger partial charge is 0.610 e. The third-order valence-corrected chi connectivity index (χ3v) is 6.67. The Morgan fingerprint density at radius 3 is 2.54 bits per heavy atom. The standard InChI is InChI=1S/C19H26N2O2S/c1-13-8-10-16(11-9-13)18-15(3)21(12-24(18)23)19(22)20-17-7-5-4-6-14(17)2/h8-11,14,17H,4-7,12H2,1-3H3,(H,20,22)/t14-,17-,24?/m1/s1. The highest BCUT2D eigenvalue weighted by atomic mass is 32.2. The predicted molar refractivity (Wildman–Crippen MR) is 98.6 cm³/mol. The summed E-state index contributed by atoms with van der Waals surface area (Å²) in [4.78, 5) is 15.1. The molecule has 3 atom stereocenters. The maximum atomic E-state index is 12.7. The van der Waals surface area contributed by atoms with E-state index in [1.54, 1.807) is 4.90 Å². The third kappa shape index (κ3) is 3.47. The molecule has 2 amide bonds. The van der Waals surface area contributed by atoms with Gasteiger partial charge in [0.15, 0.2) is 10.8 Å². The van der Waals surface area contributed by atoms with Crippen LogP contribution in [0, 0.1) is 12.8 Å². The molecule has 130 valence electrons. The third-order valence-electron chi connectivity index (χ3n) is 5.19. The minimum absolute atomic E-state index is 0.110. The molecule has 1 aromatic rings. The summed E-state index contributed by atoms with van der Waals surface area (Å²) in [5, 5.41) is 3.16. The zero-order valence-corrected chi connectivity index (χ0v) is 15.5. The van der Waals surface area contributed by atoms with Gasteiger partial charge in [-0.3, -0.25) is 0 Å². The number of hydrogen-bond acceptors (Lipinski definition) is 2. The molecule has 1 aliphatic carbocycles. The monoisotopic (exact) mass is 346 g/mol. The van der Waals surface area contributed by atoms with E-state index in [1.807, 2.05) is 38.1 Å². The van der Waals surface area contributed by atoms with Gasteiger partial charge in [-0.15, -0.1) is 0 Å². The Bertz CT molecular complexity index is 641. The van der Waals surface area contributed by atoms with E-state index < -0.39 is 11.2 Å². The van der Waals surface area contributed by atoms with E-state index in [2.05, 4.69) is 12.2 Å². The maximum absolute atomic E-state index is 12.7. The number of carbonyl (C=O) groups excluding carboxylic acids is 1. The van der Waals surface area contributed by atoms with Crippen LogP contribution in [-0.2, 0) is 11.2 Å². The van der Waals surface area contributed by atoms with Crippen LogP contribution in [0.4, 0.5) is 4.79 Å². The summed E-state index contributed by atoms with van der Waals surface area (Å²) in [7, 11) is 0. The lowest BCUT2D eigenvalue weighted by Gasteiger charge is -2.30. The quantitative estimate of drug-likeness (QED) is 0.823. The zero-order valence-electron chi connectivity index (χ0n) is 14.7. The van der Waals surface area contributed by atoms with Crippen LogP contribution in [0.3, 0.4) is 0 Å². The van der Waals surface area contributed by atoms with Gasteiger partial charge in [0.25, 0.3) is 0 Å². The number of rotatable bonds is 2. The average molecular weight is 346 g/mol. The fourth-order valence-corrected chi connectivity index (χ4v) is 5.10. The molecule has 24 heavy (non-hydrogen) atoms. The van der Waals surface area contributed by atoms with Crippen LogP contribution in [0.1, 0.15) is 50.7 Å². The minimum atomic E-state index is -1.17. The van der Waals surface area contributed by atoms with Gasteiger partial charge >= 0.3 is 6.03 Å². The van der Waals surface area contributed by atoms with Crippen molar-refractivity contribution in [3.63, 3.8) is 0 Å². The highest BCUT2D eigenvalue weighted by Crippen LogP contribution is 2.34. The van der Waals surface area contributed by atoms with E-state index in [4.69, 9.17) is 0 Å². The Kier molecular flexibility index (Phi) is 5.21. The average Bonchev–Trinajstić information content (AvgIpc) is 2.85. The van der Waals surface area contributed by atoms with Crippen LogP contribution in [-0.4, -0.2) is 27.4 Å². The molecule has 5 heteroatoms. The molecule has 0 spiro atoms. The molecule has 0 aromatic heterocycles. The first-order valence-electron chi connectivity index (χ1n) is 8.71. The molecule has 1 unspecified atom stereocenters. The van der Waals surface area contributed by atoms with Gasteiger partial charge in [-0.2, -0.15) is 0 Å². The van der Waals surface area contributed by atoms with Gasteiger partial charge in [-0.1, -0.05) is 37.5 Å². The molecule has 1 N–H and O–H groups in total. The summed E-state index contributed by atoms with van der Waals surface area (Å²) in [5.74, 6) is 0.763. The molecular formula is C19H26N2O2S. The van der Waals surface area contributed by atoms with Crippen molar-refractivity contribution in [2.45, 2.75) is 52.5 Å². The number of benzene rings is 1. The molecule has 0 radical (unpaired) electrons. The number of nitrogens with zero attached hydrogens (tertiary/aromatic N) is 1. The van der Waals surface area contributed by atoms with Gasteiger partial charge in [0.1, 0.15) is 0 Å². The number of amides is 2. The fourth-order valence-electron chi connectivity index (χ4n) is 3.59. The zero-order chi connectivity index (χ0) is 17.3. The van der Waals surface area contributed by atoms with E-state index in [0.717, 1.165) is 22.6 Å². The number of allylic oxidation sites excluding steroid dienone is 1. The van der Waals surface area contributed by atoms with Gasteiger partial charge in [-0.05, 0) is 44.7 Å². The highest BCUT2D eigenvalue weighted by molar-refractivity contribution is 8.00. The van der Waals surface area contributed by atoms with Crippen molar-refractivity contribution in [3.8, 4) is 0 Å².